The molecule has 1 saturated heterocycles. The maximum Gasteiger partial charge on any atom is 0.228 e. The number of benzene rings is 2. The average molecular weight is 450 g/mol. The third kappa shape index (κ3) is 3.71. The molecule has 0 bridgehead atoms. The van der Waals surface area contributed by atoms with Crippen LogP contribution in [0.15, 0.2) is 30.0 Å². The average Bonchev–Trinajstić information content (AvgIpc) is 2.73. The van der Waals surface area contributed by atoms with E-state index in [0.29, 0.717) is 0 Å². The Balaban J connectivity index is 1.77. The monoisotopic (exact) mass is 450 g/mol. The molecule has 11 heteroatoms. The van der Waals surface area contributed by atoms with Crippen LogP contribution in [0.25, 0.3) is 6.08 Å². The Morgan fingerprint density at radius 1 is 0.812 bits per heavy atom. The molecular formula is C21H22O11. The first-order chi connectivity index (χ1) is 15.1. The lowest BCUT2D eigenvalue weighted by atomic mass is 9.99. The molecule has 0 aliphatic carbocycles. The summed E-state index contributed by atoms with van der Waals surface area (Å²) in [7, 11) is 0. The van der Waals surface area contributed by atoms with E-state index >= 15 is 0 Å². The summed E-state index contributed by atoms with van der Waals surface area (Å²) >= 11 is 0. The van der Waals surface area contributed by atoms with Crippen LogP contribution >= 0.6 is 0 Å². The lowest BCUT2D eigenvalue weighted by Gasteiger charge is -2.40. The van der Waals surface area contributed by atoms with Gasteiger partial charge in [0, 0.05) is 17.7 Å². The van der Waals surface area contributed by atoms with Crippen LogP contribution in [-0.2, 0) is 9.47 Å². The number of aromatic hydroxyl groups is 5. The SMILES string of the molecule is CC1OC(OC2=Cc3c(O)cc(O)cc3OC2c2cc(O)c(O)c(O)c2)C(O)C(O)C1O. The number of rotatable bonds is 3. The predicted octanol–water partition coefficient (Wildman–Crippen LogP) is 0.533. The fourth-order valence-corrected chi connectivity index (χ4v) is 3.59. The van der Waals surface area contributed by atoms with E-state index in [1.54, 1.807) is 0 Å². The van der Waals surface area contributed by atoms with Gasteiger partial charge in [0.25, 0.3) is 0 Å². The van der Waals surface area contributed by atoms with Crippen molar-refractivity contribution in [2.75, 3.05) is 0 Å². The Hall–Kier alpha value is -3.38. The number of aliphatic hydroxyl groups excluding tert-OH is 3. The lowest BCUT2D eigenvalue weighted by Crippen LogP contribution is -2.57. The number of phenols is 5. The summed E-state index contributed by atoms with van der Waals surface area (Å²) in [5, 5.41) is 79.7. The molecule has 0 radical (unpaired) electrons. The molecule has 1 fully saturated rings. The van der Waals surface area contributed by atoms with E-state index in [2.05, 4.69) is 0 Å². The summed E-state index contributed by atoms with van der Waals surface area (Å²) in [5.41, 5.74) is 0.233. The molecule has 2 aliphatic rings. The van der Waals surface area contributed by atoms with E-state index in [0.717, 1.165) is 18.2 Å². The molecule has 6 atom stereocenters. The van der Waals surface area contributed by atoms with E-state index in [1.807, 2.05) is 0 Å². The number of hydrogen-bond donors (Lipinski definition) is 8. The Kier molecular flexibility index (Phi) is 5.42. The molecule has 172 valence electrons. The minimum absolute atomic E-state index is 0.0424. The highest BCUT2D eigenvalue weighted by atomic mass is 16.7. The Labute approximate surface area is 181 Å². The zero-order valence-corrected chi connectivity index (χ0v) is 16.7. The van der Waals surface area contributed by atoms with Gasteiger partial charge in [0.2, 0.25) is 6.29 Å². The Morgan fingerprint density at radius 2 is 1.47 bits per heavy atom. The van der Waals surface area contributed by atoms with Gasteiger partial charge in [-0.15, -0.1) is 0 Å². The second-order valence-electron chi connectivity index (χ2n) is 7.63. The van der Waals surface area contributed by atoms with Gasteiger partial charge in [-0.05, 0) is 25.1 Å². The van der Waals surface area contributed by atoms with Gasteiger partial charge >= 0.3 is 0 Å². The maximum atomic E-state index is 10.3. The molecule has 0 amide bonds. The van der Waals surface area contributed by atoms with Gasteiger partial charge < -0.3 is 55.1 Å². The Bertz CT molecular complexity index is 1040. The summed E-state index contributed by atoms with van der Waals surface area (Å²) < 4.78 is 17.0. The van der Waals surface area contributed by atoms with Crippen LogP contribution in [0.1, 0.15) is 24.2 Å². The van der Waals surface area contributed by atoms with Crippen molar-refractivity contribution in [2.45, 2.75) is 43.7 Å². The second-order valence-corrected chi connectivity index (χ2v) is 7.63. The number of hydrogen-bond acceptors (Lipinski definition) is 11. The minimum Gasteiger partial charge on any atom is -0.508 e. The van der Waals surface area contributed by atoms with E-state index < -0.39 is 54.1 Å². The van der Waals surface area contributed by atoms with E-state index in [9.17, 15) is 40.9 Å². The van der Waals surface area contributed by atoms with Crippen molar-refractivity contribution in [3.63, 3.8) is 0 Å². The summed E-state index contributed by atoms with van der Waals surface area (Å²) in [6.45, 7) is 1.47. The highest BCUT2D eigenvalue weighted by Crippen LogP contribution is 2.46. The van der Waals surface area contributed by atoms with Gasteiger partial charge in [0.1, 0.15) is 41.3 Å². The summed E-state index contributed by atoms with van der Waals surface area (Å²) in [6, 6.07) is 4.50. The first-order valence-corrected chi connectivity index (χ1v) is 9.62. The van der Waals surface area contributed by atoms with E-state index in [4.69, 9.17) is 14.2 Å². The molecule has 0 saturated carbocycles. The first kappa shape index (κ1) is 21.8. The highest BCUT2D eigenvalue weighted by molar-refractivity contribution is 5.70. The van der Waals surface area contributed by atoms with Crippen LogP contribution in [0, 0.1) is 0 Å². The van der Waals surface area contributed by atoms with Crippen LogP contribution in [0.3, 0.4) is 0 Å². The molecule has 4 rings (SSSR count). The fraction of sp³-hybridized carbons (Fsp3) is 0.333. The standard InChI is InChI=1S/C21H22O11/c1-7-16(26)18(28)19(29)21(30-7)32-15-6-10-11(23)4-9(22)5-14(10)31-20(15)8-2-12(24)17(27)13(25)3-8/h2-7,16,18-29H,1H3. The van der Waals surface area contributed by atoms with Gasteiger partial charge in [-0.2, -0.15) is 0 Å². The molecule has 11 nitrogen and oxygen atoms in total. The molecular weight excluding hydrogens is 428 g/mol. The smallest absolute Gasteiger partial charge is 0.228 e. The molecule has 8 N–H and O–H groups in total. The van der Waals surface area contributed by atoms with Crippen molar-refractivity contribution < 1.29 is 55.1 Å². The van der Waals surface area contributed by atoms with Gasteiger partial charge in [-0.1, -0.05) is 0 Å². The molecule has 32 heavy (non-hydrogen) atoms. The van der Waals surface area contributed by atoms with Crippen molar-refractivity contribution in [1.82, 2.24) is 0 Å². The van der Waals surface area contributed by atoms with Crippen LogP contribution in [-0.4, -0.2) is 71.6 Å². The van der Waals surface area contributed by atoms with Crippen molar-refractivity contribution in [1.29, 1.82) is 0 Å². The van der Waals surface area contributed by atoms with Gasteiger partial charge in [-0.3, -0.25) is 0 Å². The van der Waals surface area contributed by atoms with Gasteiger partial charge in [0.15, 0.2) is 23.4 Å². The normalized spacial score (nSPS) is 29.6. The predicted molar refractivity (Wildman–Crippen MR) is 106 cm³/mol. The summed E-state index contributed by atoms with van der Waals surface area (Å²) in [6.07, 6.45) is -6.75. The number of fused-ring (bicyclic) bond motifs is 1. The molecule has 2 aromatic carbocycles. The van der Waals surface area contributed by atoms with Crippen LogP contribution in [0.2, 0.25) is 0 Å². The van der Waals surface area contributed by atoms with Crippen molar-refractivity contribution in [3.05, 3.63) is 41.2 Å². The van der Waals surface area contributed by atoms with Crippen molar-refractivity contribution in [2.24, 2.45) is 0 Å². The Morgan fingerprint density at radius 3 is 2.12 bits per heavy atom. The third-order valence-electron chi connectivity index (χ3n) is 5.35. The largest absolute Gasteiger partial charge is 0.508 e. The third-order valence-corrected chi connectivity index (χ3v) is 5.35. The van der Waals surface area contributed by atoms with Crippen LogP contribution in [0.4, 0.5) is 0 Å². The zero-order valence-electron chi connectivity index (χ0n) is 16.7. The number of phenolic OH excluding ortho intramolecular Hbond substituents is 5. The summed E-state index contributed by atoms with van der Waals surface area (Å²) in [5.74, 6) is -2.69. The molecule has 0 spiro atoms. The summed E-state index contributed by atoms with van der Waals surface area (Å²) in [4.78, 5) is 0. The fourth-order valence-electron chi connectivity index (χ4n) is 3.59. The number of aliphatic hydroxyl groups is 3. The van der Waals surface area contributed by atoms with Gasteiger partial charge in [0.05, 0.1) is 11.7 Å². The molecule has 2 heterocycles. The molecule has 2 aliphatic heterocycles. The molecule has 0 aromatic heterocycles. The second kappa shape index (κ2) is 7.95. The molecule has 6 unspecified atom stereocenters. The highest BCUT2D eigenvalue weighted by Gasteiger charge is 2.44. The van der Waals surface area contributed by atoms with Crippen molar-refractivity contribution >= 4 is 6.08 Å². The maximum absolute atomic E-state index is 10.3. The quantitative estimate of drug-likeness (QED) is 0.305. The van der Waals surface area contributed by atoms with E-state index in [-0.39, 0.29) is 34.1 Å². The topological polar surface area (TPSA) is 190 Å². The van der Waals surface area contributed by atoms with Gasteiger partial charge in [-0.25, -0.2) is 0 Å². The lowest BCUT2D eigenvalue weighted by molar-refractivity contribution is -0.285. The first-order valence-electron chi connectivity index (χ1n) is 9.62. The zero-order chi connectivity index (χ0) is 23.3. The number of ether oxygens (including phenoxy) is 3. The van der Waals surface area contributed by atoms with Crippen LogP contribution < -0.4 is 4.74 Å². The van der Waals surface area contributed by atoms with Crippen LogP contribution in [0.5, 0.6) is 34.5 Å². The van der Waals surface area contributed by atoms with Crippen molar-refractivity contribution in [3.8, 4) is 34.5 Å². The molecule has 2 aromatic rings. The minimum atomic E-state index is -1.64. The van der Waals surface area contributed by atoms with E-state index in [1.165, 1.54) is 19.1 Å².